The molecule has 82 valence electrons. The monoisotopic (exact) mass is 197 g/mol. The molecular weight excluding hydrogens is 174 g/mol. The molecular formula is C11H23N3. The first-order valence-electron chi connectivity index (χ1n) is 5.52. The standard InChI is InChI=1S/C11H23N3/c1-4-9(2)14(3)8-11(5-6-11)7-10(12)13/h9H,4-8H2,1-3H3,(H3,12,13). The van der Waals surface area contributed by atoms with Crippen LogP contribution in [0.5, 0.6) is 0 Å². The molecule has 1 fully saturated rings. The van der Waals surface area contributed by atoms with Crippen LogP contribution in [0.1, 0.15) is 39.5 Å². The summed E-state index contributed by atoms with van der Waals surface area (Å²) in [4.78, 5) is 2.40. The third-order valence-electron chi connectivity index (χ3n) is 3.45. The van der Waals surface area contributed by atoms with Gasteiger partial charge in [0.1, 0.15) is 0 Å². The minimum absolute atomic E-state index is 0.347. The van der Waals surface area contributed by atoms with E-state index in [1.807, 2.05) is 0 Å². The number of nitrogens with one attached hydrogen (secondary N) is 1. The van der Waals surface area contributed by atoms with Gasteiger partial charge >= 0.3 is 0 Å². The molecule has 3 heteroatoms. The van der Waals surface area contributed by atoms with Crippen LogP contribution in [0.4, 0.5) is 0 Å². The van der Waals surface area contributed by atoms with E-state index in [1.165, 1.54) is 19.3 Å². The van der Waals surface area contributed by atoms with Gasteiger partial charge in [0.2, 0.25) is 0 Å². The fraction of sp³-hybridized carbons (Fsp3) is 0.909. The number of nitrogens with two attached hydrogens (primary N) is 1. The molecule has 0 saturated heterocycles. The van der Waals surface area contributed by atoms with Gasteiger partial charge < -0.3 is 10.6 Å². The highest BCUT2D eigenvalue weighted by Gasteiger charge is 2.43. The summed E-state index contributed by atoms with van der Waals surface area (Å²) in [5, 5.41) is 7.35. The van der Waals surface area contributed by atoms with Crippen LogP contribution in [0.3, 0.4) is 0 Å². The zero-order valence-corrected chi connectivity index (χ0v) is 9.64. The zero-order chi connectivity index (χ0) is 10.8. The van der Waals surface area contributed by atoms with Crippen LogP contribution >= 0.6 is 0 Å². The molecule has 14 heavy (non-hydrogen) atoms. The minimum Gasteiger partial charge on any atom is -0.388 e. The summed E-state index contributed by atoms with van der Waals surface area (Å²) in [5.41, 5.74) is 5.82. The van der Waals surface area contributed by atoms with Crippen molar-refractivity contribution < 1.29 is 0 Å². The van der Waals surface area contributed by atoms with Crippen molar-refractivity contribution in [2.75, 3.05) is 13.6 Å². The summed E-state index contributed by atoms with van der Waals surface area (Å²) in [7, 11) is 2.17. The van der Waals surface area contributed by atoms with E-state index < -0.39 is 0 Å². The van der Waals surface area contributed by atoms with E-state index in [0.717, 1.165) is 13.0 Å². The topological polar surface area (TPSA) is 53.1 Å². The molecule has 0 aromatic rings. The first-order chi connectivity index (χ1) is 6.49. The highest BCUT2D eigenvalue weighted by molar-refractivity contribution is 5.78. The fourth-order valence-corrected chi connectivity index (χ4v) is 1.97. The summed E-state index contributed by atoms with van der Waals surface area (Å²) in [6, 6.07) is 0.638. The summed E-state index contributed by atoms with van der Waals surface area (Å²) in [6.45, 7) is 5.57. The molecule has 1 aliphatic carbocycles. The van der Waals surface area contributed by atoms with Gasteiger partial charge in [-0.25, -0.2) is 0 Å². The molecule has 3 N–H and O–H groups in total. The van der Waals surface area contributed by atoms with Crippen molar-refractivity contribution in [2.45, 2.75) is 45.6 Å². The van der Waals surface area contributed by atoms with E-state index in [4.69, 9.17) is 11.1 Å². The summed E-state index contributed by atoms with van der Waals surface area (Å²) >= 11 is 0. The smallest absolute Gasteiger partial charge is 0.0911 e. The van der Waals surface area contributed by atoms with Crippen LogP contribution in [-0.2, 0) is 0 Å². The third-order valence-corrected chi connectivity index (χ3v) is 3.45. The molecule has 3 nitrogen and oxygen atoms in total. The van der Waals surface area contributed by atoms with Crippen molar-refractivity contribution in [3.63, 3.8) is 0 Å². The lowest BCUT2D eigenvalue weighted by Crippen LogP contribution is -2.35. The van der Waals surface area contributed by atoms with Crippen molar-refractivity contribution in [3.05, 3.63) is 0 Å². The lowest BCUT2D eigenvalue weighted by molar-refractivity contribution is 0.205. The maximum atomic E-state index is 7.35. The Balaban J connectivity index is 2.39. The Hall–Kier alpha value is -0.570. The number of hydrogen-bond donors (Lipinski definition) is 2. The lowest BCUT2D eigenvalue weighted by Gasteiger charge is -2.28. The maximum absolute atomic E-state index is 7.35. The Kier molecular flexibility index (Phi) is 3.53. The molecule has 1 aliphatic rings. The van der Waals surface area contributed by atoms with E-state index in [2.05, 4.69) is 25.8 Å². The molecule has 0 aliphatic heterocycles. The predicted molar refractivity (Wildman–Crippen MR) is 60.6 cm³/mol. The number of nitrogens with zero attached hydrogens (tertiary/aromatic N) is 1. The van der Waals surface area contributed by atoms with Crippen LogP contribution in [0.25, 0.3) is 0 Å². The van der Waals surface area contributed by atoms with Crippen molar-refractivity contribution in [1.29, 1.82) is 5.41 Å². The van der Waals surface area contributed by atoms with Gasteiger partial charge in [0.25, 0.3) is 0 Å². The van der Waals surface area contributed by atoms with E-state index >= 15 is 0 Å². The molecule has 0 aromatic heterocycles. The van der Waals surface area contributed by atoms with Crippen molar-refractivity contribution >= 4 is 5.84 Å². The van der Waals surface area contributed by atoms with Gasteiger partial charge in [-0.1, -0.05) is 6.92 Å². The second-order valence-electron chi connectivity index (χ2n) is 4.87. The van der Waals surface area contributed by atoms with Crippen LogP contribution in [0, 0.1) is 10.8 Å². The maximum Gasteiger partial charge on any atom is 0.0911 e. The average Bonchev–Trinajstić information content (AvgIpc) is 2.82. The number of rotatable bonds is 6. The number of amidine groups is 1. The first kappa shape index (κ1) is 11.5. The summed E-state index contributed by atoms with van der Waals surface area (Å²) in [5.74, 6) is 0.347. The van der Waals surface area contributed by atoms with Gasteiger partial charge in [-0.05, 0) is 38.6 Å². The van der Waals surface area contributed by atoms with E-state index in [9.17, 15) is 0 Å². The molecule has 1 saturated carbocycles. The van der Waals surface area contributed by atoms with Crippen molar-refractivity contribution in [2.24, 2.45) is 11.1 Å². The largest absolute Gasteiger partial charge is 0.388 e. The van der Waals surface area contributed by atoms with Crippen LogP contribution < -0.4 is 5.73 Å². The van der Waals surface area contributed by atoms with Gasteiger partial charge in [-0.3, -0.25) is 5.41 Å². The molecule has 0 spiro atoms. The normalized spacial score (nSPS) is 20.9. The average molecular weight is 197 g/mol. The Morgan fingerprint density at radius 3 is 2.50 bits per heavy atom. The fourth-order valence-electron chi connectivity index (χ4n) is 1.97. The van der Waals surface area contributed by atoms with E-state index in [-0.39, 0.29) is 0 Å². The SMILES string of the molecule is CCC(C)N(C)CC1(CC(=N)N)CC1. The molecule has 1 unspecified atom stereocenters. The molecule has 0 aromatic carbocycles. The molecule has 0 bridgehead atoms. The molecule has 1 atom stereocenters. The first-order valence-corrected chi connectivity index (χ1v) is 5.52. The molecule has 1 rings (SSSR count). The Morgan fingerprint density at radius 1 is 1.57 bits per heavy atom. The number of hydrogen-bond acceptors (Lipinski definition) is 2. The highest BCUT2D eigenvalue weighted by Crippen LogP contribution is 2.49. The van der Waals surface area contributed by atoms with Gasteiger partial charge in [0.05, 0.1) is 5.84 Å². The van der Waals surface area contributed by atoms with Crippen LogP contribution in [0.2, 0.25) is 0 Å². The minimum atomic E-state index is 0.347. The lowest BCUT2D eigenvalue weighted by atomic mass is 10.0. The Labute approximate surface area is 87.2 Å². The van der Waals surface area contributed by atoms with Crippen LogP contribution in [0.15, 0.2) is 0 Å². The predicted octanol–water partition coefficient (Wildman–Crippen LogP) is 1.82. The van der Waals surface area contributed by atoms with Crippen molar-refractivity contribution in [3.8, 4) is 0 Å². The van der Waals surface area contributed by atoms with E-state index in [0.29, 0.717) is 17.3 Å². The van der Waals surface area contributed by atoms with Crippen LogP contribution in [-0.4, -0.2) is 30.4 Å². The summed E-state index contributed by atoms with van der Waals surface area (Å²) < 4.78 is 0. The molecule has 0 heterocycles. The molecule has 0 radical (unpaired) electrons. The second kappa shape index (κ2) is 4.30. The van der Waals surface area contributed by atoms with Gasteiger partial charge in [-0.2, -0.15) is 0 Å². The summed E-state index contributed by atoms with van der Waals surface area (Å²) in [6.07, 6.45) is 4.46. The quantitative estimate of drug-likeness (QED) is 0.504. The Bertz CT molecular complexity index is 209. The zero-order valence-electron chi connectivity index (χ0n) is 9.64. The second-order valence-corrected chi connectivity index (χ2v) is 4.87. The van der Waals surface area contributed by atoms with Gasteiger partial charge in [-0.15, -0.1) is 0 Å². The van der Waals surface area contributed by atoms with Crippen molar-refractivity contribution in [1.82, 2.24) is 4.90 Å². The highest BCUT2D eigenvalue weighted by atomic mass is 15.1. The van der Waals surface area contributed by atoms with E-state index in [1.54, 1.807) is 0 Å². The van der Waals surface area contributed by atoms with Gasteiger partial charge in [0.15, 0.2) is 0 Å². The Morgan fingerprint density at radius 2 is 2.14 bits per heavy atom. The van der Waals surface area contributed by atoms with Gasteiger partial charge in [0, 0.05) is 19.0 Å². The molecule has 0 amide bonds. The third kappa shape index (κ3) is 2.98.